The molecule has 154 valence electrons. The average Bonchev–Trinajstić information content (AvgIpc) is 2.77. The molecule has 0 saturated heterocycles. The van der Waals surface area contributed by atoms with E-state index in [2.05, 4.69) is 10.6 Å². The first-order valence-corrected chi connectivity index (χ1v) is 9.66. The third-order valence-electron chi connectivity index (χ3n) is 4.37. The lowest BCUT2D eigenvalue weighted by atomic mass is 10.2. The van der Waals surface area contributed by atoms with Gasteiger partial charge in [0.2, 0.25) is 11.8 Å². The van der Waals surface area contributed by atoms with Crippen molar-refractivity contribution >= 4 is 17.5 Å². The SMILES string of the molecule is O=C(CCC(=O)Nc1ccc(OCc2ccccc2)cc1)NCc1ccc(F)cc1. The van der Waals surface area contributed by atoms with Crippen LogP contribution in [0, 0.1) is 5.82 Å². The molecule has 0 unspecified atom stereocenters. The summed E-state index contributed by atoms with van der Waals surface area (Å²) in [5, 5.41) is 5.48. The van der Waals surface area contributed by atoms with Gasteiger partial charge in [0.1, 0.15) is 18.2 Å². The maximum atomic E-state index is 12.9. The van der Waals surface area contributed by atoms with Gasteiger partial charge in [-0.25, -0.2) is 4.39 Å². The number of carbonyl (C=O) groups is 2. The van der Waals surface area contributed by atoms with Crippen molar-refractivity contribution in [3.63, 3.8) is 0 Å². The topological polar surface area (TPSA) is 67.4 Å². The maximum absolute atomic E-state index is 12.9. The van der Waals surface area contributed by atoms with Gasteiger partial charge in [0, 0.05) is 25.1 Å². The maximum Gasteiger partial charge on any atom is 0.224 e. The van der Waals surface area contributed by atoms with Crippen molar-refractivity contribution in [1.82, 2.24) is 5.32 Å². The molecule has 0 atom stereocenters. The van der Waals surface area contributed by atoms with Gasteiger partial charge in [-0.1, -0.05) is 42.5 Å². The summed E-state index contributed by atoms with van der Waals surface area (Å²) in [6, 6.07) is 22.8. The summed E-state index contributed by atoms with van der Waals surface area (Å²) in [6.07, 6.45) is 0.146. The van der Waals surface area contributed by atoms with E-state index in [1.165, 1.54) is 12.1 Å². The van der Waals surface area contributed by atoms with Gasteiger partial charge in [0.05, 0.1) is 0 Å². The molecule has 2 N–H and O–H groups in total. The van der Waals surface area contributed by atoms with E-state index in [-0.39, 0.29) is 30.5 Å². The Kier molecular flexibility index (Phi) is 7.55. The smallest absolute Gasteiger partial charge is 0.224 e. The highest BCUT2D eigenvalue weighted by Crippen LogP contribution is 2.17. The quantitative estimate of drug-likeness (QED) is 0.552. The van der Waals surface area contributed by atoms with E-state index in [1.54, 1.807) is 36.4 Å². The number of hydrogen-bond donors (Lipinski definition) is 2. The van der Waals surface area contributed by atoms with Crippen molar-refractivity contribution in [1.29, 1.82) is 0 Å². The normalized spacial score (nSPS) is 10.3. The van der Waals surface area contributed by atoms with Crippen LogP contribution in [0.4, 0.5) is 10.1 Å². The molecule has 3 aromatic carbocycles. The van der Waals surface area contributed by atoms with Gasteiger partial charge in [-0.15, -0.1) is 0 Å². The third-order valence-corrected chi connectivity index (χ3v) is 4.37. The number of nitrogens with one attached hydrogen (secondary N) is 2. The lowest BCUT2D eigenvalue weighted by molar-refractivity contribution is -0.124. The standard InChI is InChI=1S/C24H23FN2O3/c25-20-8-6-18(7-9-20)16-26-23(28)14-15-24(29)27-21-10-12-22(13-11-21)30-17-19-4-2-1-3-5-19/h1-13H,14-17H2,(H,26,28)(H,27,29). The second-order valence-electron chi connectivity index (χ2n) is 6.75. The van der Waals surface area contributed by atoms with Crippen LogP contribution < -0.4 is 15.4 Å². The predicted octanol–water partition coefficient (Wildman–Crippen LogP) is 4.44. The molecule has 0 aliphatic carbocycles. The molecule has 0 fully saturated rings. The Balaban J connectivity index is 1.36. The Bertz CT molecular complexity index is 958. The number of anilines is 1. The van der Waals surface area contributed by atoms with E-state index in [9.17, 15) is 14.0 Å². The molecule has 0 heterocycles. The first-order chi connectivity index (χ1) is 14.6. The van der Waals surface area contributed by atoms with E-state index in [0.717, 1.165) is 11.1 Å². The number of ether oxygens (including phenoxy) is 1. The molecule has 5 nitrogen and oxygen atoms in total. The largest absolute Gasteiger partial charge is 0.489 e. The van der Waals surface area contributed by atoms with Crippen LogP contribution in [0.25, 0.3) is 0 Å². The van der Waals surface area contributed by atoms with E-state index < -0.39 is 0 Å². The number of benzene rings is 3. The Morgan fingerprint density at radius 1 is 0.767 bits per heavy atom. The predicted molar refractivity (Wildman–Crippen MR) is 113 cm³/mol. The van der Waals surface area contributed by atoms with Gasteiger partial charge in [-0.05, 0) is 47.5 Å². The van der Waals surface area contributed by atoms with Gasteiger partial charge in [-0.2, -0.15) is 0 Å². The fraction of sp³-hybridized carbons (Fsp3) is 0.167. The van der Waals surface area contributed by atoms with Crippen molar-refractivity contribution < 1.29 is 18.7 Å². The van der Waals surface area contributed by atoms with Crippen LogP contribution >= 0.6 is 0 Å². The van der Waals surface area contributed by atoms with E-state index >= 15 is 0 Å². The first-order valence-electron chi connectivity index (χ1n) is 9.66. The summed E-state index contributed by atoms with van der Waals surface area (Å²) in [7, 11) is 0. The van der Waals surface area contributed by atoms with E-state index in [1.807, 2.05) is 30.3 Å². The fourth-order valence-electron chi connectivity index (χ4n) is 2.72. The zero-order valence-electron chi connectivity index (χ0n) is 16.4. The van der Waals surface area contributed by atoms with Gasteiger partial charge >= 0.3 is 0 Å². The monoisotopic (exact) mass is 406 g/mol. The summed E-state index contributed by atoms with van der Waals surface area (Å²) in [5.74, 6) is -0.0985. The molecule has 3 rings (SSSR count). The molecule has 0 aliphatic rings. The van der Waals surface area contributed by atoms with Crippen LogP contribution in [0.5, 0.6) is 5.75 Å². The van der Waals surface area contributed by atoms with Gasteiger partial charge in [-0.3, -0.25) is 9.59 Å². The zero-order chi connectivity index (χ0) is 21.2. The van der Waals surface area contributed by atoms with Crippen molar-refractivity contribution in [2.24, 2.45) is 0 Å². The van der Waals surface area contributed by atoms with Crippen molar-refractivity contribution in [3.8, 4) is 5.75 Å². The highest BCUT2D eigenvalue weighted by atomic mass is 19.1. The number of amides is 2. The lowest BCUT2D eigenvalue weighted by Crippen LogP contribution is -2.24. The molecule has 2 amide bonds. The molecule has 30 heavy (non-hydrogen) atoms. The number of carbonyl (C=O) groups excluding carboxylic acids is 2. The summed E-state index contributed by atoms with van der Waals surface area (Å²) < 4.78 is 18.6. The molecular weight excluding hydrogens is 383 g/mol. The third kappa shape index (κ3) is 7.05. The van der Waals surface area contributed by atoms with Crippen molar-refractivity contribution in [2.45, 2.75) is 26.0 Å². The molecule has 3 aromatic rings. The second-order valence-corrected chi connectivity index (χ2v) is 6.75. The van der Waals surface area contributed by atoms with Crippen molar-refractivity contribution in [2.75, 3.05) is 5.32 Å². The molecule has 0 aliphatic heterocycles. The molecule has 0 radical (unpaired) electrons. The van der Waals surface area contributed by atoms with Crippen LogP contribution in [0.15, 0.2) is 78.9 Å². The van der Waals surface area contributed by atoms with Gasteiger partial charge in [0.25, 0.3) is 0 Å². The Hall–Kier alpha value is -3.67. The van der Waals surface area contributed by atoms with Crippen LogP contribution in [0.1, 0.15) is 24.0 Å². The number of rotatable bonds is 9. The van der Waals surface area contributed by atoms with Gasteiger partial charge in [0.15, 0.2) is 0 Å². The summed E-state index contributed by atoms with van der Waals surface area (Å²) >= 11 is 0. The fourth-order valence-corrected chi connectivity index (χ4v) is 2.72. The summed E-state index contributed by atoms with van der Waals surface area (Å²) in [5.41, 5.74) is 2.51. The van der Waals surface area contributed by atoms with Crippen LogP contribution in [-0.4, -0.2) is 11.8 Å². The van der Waals surface area contributed by atoms with Crippen molar-refractivity contribution in [3.05, 3.63) is 95.8 Å². The molecule has 0 aromatic heterocycles. The van der Waals surface area contributed by atoms with Crippen LogP contribution in [0.2, 0.25) is 0 Å². The summed E-state index contributed by atoms with van der Waals surface area (Å²) in [4.78, 5) is 24.0. The number of halogens is 1. The minimum Gasteiger partial charge on any atom is -0.489 e. The zero-order valence-corrected chi connectivity index (χ0v) is 16.4. The molecule has 0 saturated carbocycles. The molecule has 0 bridgehead atoms. The molecular formula is C24H23FN2O3. The lowest BCUT2D eigenvalue weighted by Gasteiger charge is -2.09. The van der Waals surface area contributed by atoms with E-state index in [4.69, 9.17) is 4.74 Å². The molecule has 0 spiro atoms. The average molecular weight is 406 g/mol. The Morgan fingerprint density at radius 2 is 1.43 bits per heavy atom. The Labute approximate surface area is 174 Å². The minimum atomic E-state index is -0.322. The minimum absolute atomic E-state index is 0.0709. The van der Waals surface area contributed by atoms with Crippen LogP contribution in [0.3, 0.4) is 0 Å². The highest BCUT2D eigenvalue weighted by Gasteiger charge is 2.08. The number of hydrogen-bond acceptors (Lipinski definition) is 3. The van der Waals surface area contributed by atoms with Crippen LogP contribution in [-0.2, 0) is 22.7 Å². The second kappa shape index (κ2) is 10.8. The highest BCUT2D eigenvalue weighted by molar-refractivity contribution is 5.93. The summed E-state index contributed by atoms with van der Waals surface area (Å²) in [6.45, 7) is 0.769. The molecule has 6 heteroatoms. The van der Waals surface area contributed by atoms with E-state index in [0.29, 0.717) is 24.6 Å². The first kappa shape index (κ1) is 21.0. The van der Waals surface area contributed by atoms with Gasteiger partial charge < -0.3 is 15.4 Å². The Morgan fingerprint density at radius 3 is 2.13 bits per heavy atom.